The standard InChI is InChI=1S/C24H25N3O3S/c1-3-27-16-19(30-21-8-5-4-7-20(21)27)15-26(2)24(29)17-10-12-18(13-11-17)25-23(28)22-9-6-14-31-22/h4-14,19H,3,15-16H2,1-2H3,(H,25,28)/t19-/m1/s1. The van der Waals surface area contributed by atoms with Gasteiger partial charge in [-0.25, -0.2) is 0 Å². The molecule has 1 N–H and O–H groups in total. The molecular formula is C24H25N3O3S. The van der Waals surface area contributed by atoms with Crippen LogP contribution in [0.1, 0.15) is 27.0 Å². The number of benzene rings is 2. The molecule has 1 aromatic heterocycles. The van der Waals surface area contributed by atoms with Crippen molar-refractivity contribution in [2.45, 2.75) is 13.0 Å². The topological polar surface area (TPSA) is 61.9 Å². The molecular weight excluding hydrogens is 410 g/mol. The third kappa shape index (κ3) is 4.72. The van der Waals surface area contributed by atoms with Gasteiger partial charge in [0.05, 0.1) is 23.7 Å². The molecule has 0 saturated carbocycles. The minimum atomic E-state index is -0.151. The third-order valence-corrected chi connectivity index (χ3v) is 6.13. The fourth-order valence-corrected chi connectivity index (χ4v) is 4.30. The van der Waals surface area contributed by atoms with Crippen molar-refractivity contribution in [2.75, 3.05) is 36.9 Å². The summed E-state index contributed by atoms with van der Waals surface area (Å²) in [6, 6.07) is 18.6. The summed E-state index contributed by atoms with van der Waals surface area (Å²) in [5.41, 5.74) is 2.32. The quantitative estimate of drug-likeness (QED) is 0.625. The zero-order chi connectivity index (χ0) is 21.8. The van der Waals surface area contributed by atoms with Gasteiger partial charge in [-0.15, -0.1) is 11.3 Å². The van der Waals surface area contributed by atoms with Gasteiger partial charge < -0.3 is 19.9 Å². The molecule has 160 valence electrons. The fraction of sp³-hybridized carbons (Fsp3) is 0.250. The van der Waals surface area contributed by atoms with Crippen LogP contribution in [-0.2, 0) is 0 Å². The number of anilines is 2. The maximum atomic E-state index is 12.9. The first-order chi connectivity index (χ1) is 15.0. The smallest absolute Gasteiger partial charge is 0.265 e. The molecule has 1 aliphatic heterocycles. The lowest BCUT2D eigenvalue weighted by atomic mass is 10.1. The summed E-state index contributed by atoms with van der Waals surface area (Å²) in [7, 11) is 1.79. The molecule has 2 aromatic carbocycles. The number of carbonyl (C=O) groups is 2. The van der Waals surface area contributed by atoms with Gasteiger partial charge in [-0.1, -0.05) is 18.2 Å². The zero-order valence-electron chi connectivity index (χ0n) is 17.6. The highest BCUT2D eigenvalue weighted by atomic mass is 32.1. The van der Waals surface area contributed by atoms with Crippen molar-refractivity contribution in [1.82, 2.24) is 4.90 Å². The molecule has 2 heterocycles. The minimum absolute atomic E-state index is 0.0818. The molecule has 1 atom stereocenters. The second-order valence-electron chi connectivity index (χ2n) is 7.44. The highest BCUT2D eigenvalue weighted by Gasteiger charge is 2.27. The van der Waals surface area contributed by atoms with Gasteiger partial charge in [0.15, 0.2) is 0 Å². The van der Waals surface area contributed by atoms with Crippen LogP contribution in [0.3, 0.4) is 0 Å². The highest BCUT2D eigenvalue weighted by Crippen LogP contribution is 2.33. The summed E-state index contributed by atoms with van der Waals surface area (Å²) in [6.07, 6.45) is -0.104. The van der Waals surface area contributed by atoms with Crippen LogP contribution in [0, 0.1) is 0 Å². The number of likely N-dealkylation sites (N-methyl/N-ethyl adjacent to an activating group) is 2. The summed E-state index contributed by atoms with van der Waals surface area (Å²) < 4.78 is 6.14. The summed E-state index contributed by atoms with van der Waals surface area (Å²) in [5.74, 6) is 0.621. The normalized spacial score (nSPS) is 15.0. The van der Waals surface area contributed by atoms with E-state index in [0.29, 0.717) is 22.7 Å². The van der Waals surface area contributed by atoms with E-state index in [2.05, 4.69) is 23.2 Å². The molecule has 1 aliphatic rings. The third-order valence-electron chi connectivity index (χ3n) is 5.26. The van der Waals surface area contributed by atoms with E-state index in [1.54, 1.807) is 42.3 Å². The number of fused-ring (bicyclic) bond motifs is 1. The summed E-state index contributed by atoms with van der Waals surface area (Å²) in [5, 5.41) is 4.71. The number of nitrogens with one attached hydrogen (secondary N) is 1. The molecule has 0 bridgehead atoms. The largest absolute Gasteiger partial charge is 0.485 e. The van der Waals surface area contributed by atoms with Crippen LogP contribution in [0.15, 0.2) is 66.0 Å². The van der Waals surface area contributed by atoms with Crippen molar-refractivity contribution >= 4 is 34.5 Å². The highest BCUT2D eigenvalue weighted by molar-refractivity contribution is 7.12. The van der Waals surface area contributed by atoms with Crippen LogP contribution in [-0.4, -0.2) is 49.5 Å². The first-order valence-corrected chi connectivity index (χ1v) is 11.1. The SMILES string of the molecule is CCN1C[C@@H](CN(C)C(=O)c2ccc(NC(=O)c3cccs3)cc2)Oc2ccccc21. The number of rotatable bonds is 6. The molecule has 0 radical (unpaired) electrons. The van der Waals surface area contributed by atoms with Gasteiger partial charge in [0.25, 0.3) is 11.8 Å². The number of para-hydroxylation sites is 2. The monoisotopic (exact) mass is 435 g/mol. The van der Waals surface area contributed by atoms with Gasteiger partial charge >= 0.3 is 0 Å². The lowest BCUT2D eigenvalue weighted by molar-refractivity contribution is 0.0709. The predicted octanol–water partition coefficient (Wildman–Crippen LogP) is 4.36. The molecule has 0 spiro atoms. The molecule has 0 fully saturated rings. The predicted molar refractivity (Wildman–Crippen MR) is 124 cm³/mol. The second-order valence-corrected chi connectivity index (χ2v) is 8.39. The average molecular weight is 436 g/mol. The van der Waals surface area contributed by atoms with E-state index in [4.69, 9.17) is 4.74 Å². The molecule has 3 aromatic rings. The molecule has 4 rings (SSSR count). The minimum Gasteiger partial charge on any atom is -0.485 e. The van der Waals surface area contributed by atoms with Crippen molar-refractivity contribution < 1.29 is 14.3 Å². The van der Waals surface area contributed by atoms with E-state index >= 15 is 0 Å². The molecule has 7 heteroatoms. The average Bonchev–Trinajstić information content (AvgIpc) is 3.34. The van der Waals surface area contributed by atoms with Crippen LogP contribution in [0.4, 0.5) is 11.4 Å². The Bertz CT molecular complexity index is 1050. The lowest BCUT2D eigenvalue weighted by Crippen LogP contribution is -2.46. The number of ether oxygens (including phenoxy) is 1. The number of nitrogens with zero attached hydrogens (tertiary/aromatic N) is 2. The van der Waals surface area contributed by atoms with Crippen LogP contribution in [0.5, 0.6) is 5.75 Å². The van der Waals surface area contributed by atoms with Crippen LogP contribution >= 0.6 is 11.3 Å². The van der Waals surface area contributed by atoms with Gasteiger partial charge in [-0.3, -0.25) is 9.59 Å². The maximum absolute atomic E-state index is 12.9. The van der Waals surface area contributed by atoms with Crippen molar-refractivity contribution in [3.63, 3.8) is 0 Å². The van der Waals surface area contributed by atoms with E-state index in [9.17, 15) is 9.59 Å². The van der Waals surface area contributed by atoms with E-state index in [-0.39, 0.29) is 17.9 Å². The van der Waals surface area contributed by atoms with E-state index in [0.717, 1.165) is 24.5 Å². The number of amides is 2. The molecule has 0 saturated heterocycles. The van der Waals surface area contributed by atoms with Gasteiger partial charge in [0.2, 0.25) is 0 Å². The van der Waals surface area contributed by atoms with Crippen molar-refractivity contribution in [2.24, 2.45) is 0 Å². The Morgan fingerprint density at radius 3 is 2.61 bits per heavy atom. The van der Waals surface area contributed by atoms with E-state index in [1.165, 1.54) is 11.3 Å². The Balaban J connectivity index is 1.37. The molecule has 6 nitrogen and oxygen atoms in total. The molecule has 2 amide bonds. The molecule has 31 heavy (non-hydrogen) atoms. The van der Waals surface area contributed by atoms with Crippen molar-refractivity contribution in [1.29, 1.82) is 0 Å². The van der Waals surface area contributed by atoms with Crippen LogP contribution < -0.4 is 15.0 Å². The van der Waals surface area contributed by atoms with E-state index < -0.39 is 0 Å². The maximum Gasteiger partial charge on any atom is 0.265 e. The fourth-order valence-electron chi connectivity index (χ4n) is 3.68. The van der Waals surface area contributed by atoms with Crippen molar-refractivity contribution in [3.05, 3.63) is 76.5 Å². The van der Waals surface area contributed by atoms with Crippen LogP contribution in [0.2, 0.25) is 0 Å². The number of thiophene rings is 1. The Hall–Kier alpha value is -3.32. The zero-order valence-corrected chi connectivity index (χ0v) is 18.4. The number of hydrogen-bond acceptors (Lipinski definition) is 5. The summed E-state index contributed by atoms with van der Waals surface area (Å²) >= 11 is 1.39. The number of hydrogen-bond donors (Lipinski definition) is 1. The lowest BCUT2D eigenvalue weighted by Gasteiger charge is -2.37. The summed E-state index contributed by atoms with van der Waals surface area (Å²) in [4.78, 5) is 29.7. The van der Waals surface area contributed by atoms with Gasteiger partial charge in [-0.05, 0) is 54.8 Å². The number of carbonyl (C=O) groups excluding carboxylic acids is 2. The Morgan fingerprint density at radius 2 is 1.90 bits per heavy atom. The molecule has 0 unspecified atom stereocenters. The Labute approximate surface area is 186 Å². The van der Waals surface area contributed by atoms with Gasteiger partial charge in [0, 0.05) is 24.8 Å². The Kier molecular flexibility index (Phi) is 6.23. The first kappa shape index (κ1) is 20.9. The first-order valence-electron chi connectivity index (χ1n) is 10.3. The molecule has 0 aliphatic carbocycles. The summed E-state index contributed by atoms with van der Waals surface area (Å²) in [6.45, 7) is 4.22. The van der Waals surface area contributed by atoms with E-state index in [1.807, 2.05) is 29.6 Å². The van der Waals surface area contributed by atoms with Crippen molar-refractivity contribution in [3.8, 4) is 5.75 Å². The van der Waals surface area contributed by atoms with Gasteiger partial charge in [0.1, 0.15) is 11.9 Å². The second kappa shape index (κ2) is 9.22. The Morgan fingerprint density at radius 1 is 1.13 bits per heavy atom. The van der Waals surface area contributed by atoms with Crippen LogP contribution in [0.25, 0.3) is 0 Å². The van der Waals surface area contributed by atoms with Gasteiger partial charge in [-0.2, -0.15) is 0 Å².